The summed E-state index contributed by atoms with van der Waals surface area (Å²) in [5, 5.41) is 6.30. The molecule has 186 valence electrons. The molecule has 1 fully saturated rings. The average molecular weight is 507 g/mol. The van der Waals surface area contributed by atoms with Gasteiger partial charge in [0.1, 0.15) is 0 Å². The monoisotopic (exact) mass is 506 g/mol. The highest BCUT2D eigenvalue weighted by Crippen LogP contribution is 2.35. The molecule has 1 aliphatic heterocycles. The molecule has 0 bridgehead atoms. The summed E-state index contributed by atoms with van der Waals surface area (Å²) >= 11 is 6.14. The number of carbonyl (C=O) groups excluding carboxylic acids is 3. The number of hydrogen-bond acceptors (Lipinski definition) is 5. The zero-order valence-electron chi connectivity index (χ0n) is 19.8. The molecule has 2 atom stereocenters. The van der Waals surface area contributed by atoms with Crippen LogP contribution in [0.3, 0.4) is 0 Å². The Balaban J connectivity index is 1.61. The predicted molar refractivity (Wildman–Crippen MR) is 136 cm³/mol. The van der Waals surface area contributed by atoms with Gasteiger partial charge in [0.15, 0.2) is 12.1 Å². The van der Waals surface area contributed by atoms with Crippen molar-refractivity contribution in [2.24, 2.45) is 0 Å². The normalized spacial score (nSPS) is 16.9. The Kier molecular flexibility index (Phi) is 8.17. The number of rotatable bonds is 9. The molecule has 36 heavy (non-hydrogen) atoms. The summed E-state index contributed by atoms with van der Waals surface area (Å²) < 4.78 is 5.73. The fourth-order valence-corrected chi connectivity index (χ4v) is 4.29. The van der Waals surface area contributed by atoms with E-state index in [2.05, 4.69) is 15.6 Å². The van der Waals surface area contributed by atoms with Crippen LogP contribution < -0.4 is 10.6 Å². The molecule has 2 N–H and O–H groups in total. The van der Waals surface area contributed by atoms with Crippen molar-refractivity contribution in [3.05, 3.63) is 94.8 Å². The molecule has 0 saturated carbocycles. The van der Waals surface area contributed by atoms with E-state index in [4.69, 9.17) is 16.3 Å². The molecular weight excluding hydrogens is 480 g/mol. The third kappa shape index (κ3) is 6.20. The van der Waals surface area contributed by atoms with Crippen LogP contribution in [-0.4, -0.2) is 33.8 Å². The molecule has 9 heteroatoms. The van der Waals surface area contributed by atoms with Gasteiger partial charge in [-0.3, -0.25) is 19.5 Å². The lowest BCUT2D eigenvalue weighted by atomic mass is 10.00. The van der Waals surface area contributed by atoms with E-state index in [-0.39, 0.29) is 24.9 Å². The number of anilines is 1. The van der Waals surface area contributed by atoms with E-state index < -0.39 is 18.2 Å². The van der Waals surface area contributed by atoms with Gasteiger partial charge in [0, 0.05) is 36.1 Å². The minimum atomic E-state index is -0.931. The van der Waals surface area contributed by atoms with Gasteiger partial charge in [0.05, 0.1) is 6.54 Å². The van der Waals surface area contributed by atoms with E-state index in [0.29, 0.717) is 22.7 Å². The van der Waals surface area contributed by atoms with Gasteiger partial charge in [-0.05, 0) is 59.5 Å². The van der Waals surface area contributed by atoms with Gasteiger partial charge < -0.3 is 15.4 Å². The van der Waals surface area contributed by atoms with Crippen molar-refractivity contribution in [2.45, 2.75) is 45.0 Å². The lowest BCUT2D eigenvalue weighted by molar-refractivity contribution is -0.126. The second-order valence-electron chi connectivity index (χ2n) is 8.50. The van der Waals surface area contributed by atoms with Crippen LogP contribution in [0.2, 0.25) is 5.02 Å². The highest BCUT2D eigenvalue weighted by Gasteiger charge is 2.47. The molecule has 1 aromatic heterocycles. The van der Waals surface area contributed by atoms with E-state index in [1.165, 1.54) is 4.90 Å². The molecule has 0 aliphatic carbocycles. The number of benzene rings is 2. The minimum Gasteiger partial charge on any atom is -0.438 e. The molecule has 1 aliphatic rings. The number of carbonyl (C=O) groups is 3. The zero-order valence-corrected chi connectivity index (χ0v) is 20.6. The van der Waals surface area contributed by atoms with Gasteiger partial charge in [-0.2, -0.15) is 0 Å². The van der Waals surface area contributed by atoms with Crippen molar-refractivity contribution < 1.29 is 19.1 Å². The van der Waals surface area contributed by atoms with E-state index in [9.17, 15) is 14.4 Å². The zero-order chi connectivity index (χ0) is 25.5. The van der Waals surface area contributed by atoms with Crippen LogP contribution in [0.5, 0.6) is 0 Å². The van der Waals surface area contributed by atoms with Crippen molar-refractivity contribution in [3.63, 3.8) is 0 Å². The van der Waals surface area contributed by atoms with Gasteiger partial charge in [-0.15, -0.1) is 0 Å². The summed E-state index contributed by atoms with van der Waals surface area (Å²) in [6, 6.07) is 16.8. The summed E-state index contributed by atoms with van der Waals surface area (Å²) in [5.74, 6) is -0.461. The molecule has 8 nitrogen and oxygen atoms in total. The lowest BCUT2D eigenvalue weighted by Gasteiger charge is -2.24. The summed E-state index contributed by atoms with van der Waals surface area (Å²) in [4.78, 5) is 43.9. The quantitative estimate of drug-likeness (QED) is 0.432. The molecule has 2 aromatic carbocycles. The first kappa shape index (κ1) is 25.2. The number of cyclic esters (lactones) is 1. The first-order valence-electron chi connectivity index (χ1n) is 11.7. The first-order chi connectivity index (χ1) is 17.4. The highest BCUT2D eigenvalue weighted by atomic mass is 35.5. The topological polar surface area (TPSA) is 101 Å². The summed E-state index contributed by atoms with van der Waals surface area (Å²) in [6.45, 7) is 2.35. The second kappa shape index (κ2) is 11.7. The van der Waals surface area contributed by atoms with Gasteiger partial charge in [-0.25, -0.2) is 4.79 Å². The molecule has 4 rings (SSSR count). The van der Waals surface area contributed by atoms with Crippen LogP contribution in [0.1, 0.15) is 42.6 Å². The number of aromatic nitrogens is 1. The largest absolute Gasteiger partial charge is 0.438 e. The van der Waals surface area contributed by atoms with Gasteiger partial charge in [-0.1, -0.05) is 42.8 Å². The second-order valence-corrected chi connectivity index (χ2v) is 8.94. The number of ether oxygens (including phenoxy) is 1. The van der Waals surface area contributed by atoms with Crippen LogP contribution in [0.4, 0.5) is 10.5 Å². The Bertz CT molecular complexity index is 1240. The molecule has 0 radical (unpaired) electrons. The minimum absolute atomic E-state index is 0.104. The van der Waals surface area contributed by atoms with E-state index in [1.807, 2.05) is 13.0 Å². The van der Waals surface area contributed by atoms with Crippen LogP contribution in [-0.2, 0) is 27.4 Å². The number of amides is 3. The molecule has 1 saturated heterocycles. The molecule has 0 spiro atoms. The third-order valence-corrected chi connectivity index (χ3v) is 6.02. The highest BCUT2D eigenvalue weighted by molar-refractivity contribution is 6.30. The SMILES string of the molecule is CCCC(=O)Nc1cccc(C2OC(=O)N(Cc3cccc(Cl)c3)C2C(=O)NCc2ccncc2)c1. The Morgan fingerprint density at radius 1 is 1.06 bits per heavy atom. The first-order valence-corrected chi connectivity index (χ1v) is 12.1. The van der Waals surface area contributed by atoms with Gasteiger partial charge in [0.25, 0.3) is 0 Å². The van der Waals surface area contributed by atoms with Crippen LogP contribution in [0, 0.1) is 0 Å². The predicted octanol–water partition coefficient (Wildman–Crippen LogP) is 4.85. The van der Waals surface area contributed by atoms with Crippen molar-refractivity contribution in [1.82, 2.24) is 15.2 Å². The van der Waals surface area contributed by atoms with E-state index in [0.717, 1.165) is 17.5 Å². The van der Waals surface area contributed by atoms with Gasteiger partial charge >= 0.3 is 6.09 Å². The standard InChI is InChI=1S/C27H27ClN4O4/c1-2-5-23(33)31-22-9-4-7-20(15-22)25-24(26(34)30-16-18-10-12-29-13-11-18)32(27(35)36-25)17-19-6-3-8-21(28)14-19/h3-4,6-15,24-25H,2,5,16-17H2,1H3,(H,30,34)(H,31,33). The number of halogens is 1. The van der Waals surface area contributed by atoms with Crippen LogP contribution >= 0.6 is 11.6 Å². The van der Waals surface area contributed by atoms with Crippen LogP contribution in [0.25, 0.3) is 0 Å². The summed E-state index contributed by atoms with van der Waals surface area (Å²) in [6.07, 6.45) is 2.95. The third-order valence-electron chi connectivity index (χ3n) is 5.79. The maximum atomic E-state index is 13.5. The van der Waals surface area contributed by atoms with Crippen LogP contribution in [0.15, 0.2) is 73.1 Å². The average Bonchev–Trinajstić information content (AvgIpc) is 3.19. The number of nitrogens with one attached hydrogen (secondary N) is 2. The number of hydrogen-bond donors (Lipinski definition) is 2. The van der Waals surface area contributed by atoms with Crippen molar-refractivity contribution >= 4 is 35.2 Å². The Hall–Kier alpha value is -3.91. The van der Waals surface area contributed by atoms with E-state index in [1.54, 1.807) is 67.0 Å². The fraction of sp³-hybridized carbons (Fsp3) is 0.259. The lowest BCUT2D eigenvalue weighted by Crippen LogP contribution is -2.46. The molecule has 2 heterocycles. The molecule has 2 unspecified atom stereocenters. The number of nitrogens with zero attached hydrogens (tertiary/aromatic N) is 2. The molecular formula is C27H27ClN4O4. The maximum Gasteiger partial charge on any atom is 0.411 e. The van der Waals surface area contributed by atoms with Crippen molar-refractivity contribution in [3.8, 4) is 0 Å². The number of pyridine rings is 1. The smallest absolute Gasteiger partial charge is 0.411 e. The summed E-state index contributed by atoms with van der Waals surface area (Å²) in [5.41, 5.74) is 2.83. The molecule has 3 amide bonds. The van der Waals surface area contributed by atoms with Gasteiger partial charge in [0.2, 0.25) is 11.8 Å². The van der Waals surface area contributed by atoms with Crippen molar-refractivity contribution in [2.75, 3.05) is 5.32 Å². The fourth-order valence-electron chi connectivity index (χ4n) is 4.08. The molecule has 3 aromatic rings. The Morgan fingerprint density at radius 2 is 1.83 bits per heavy atom. The Labute approximate surface area is 214 Å². The maximum absolute atomic E-state index is 13.5. The van der Waals surface area contributed by atoms with Crippen molar-refractivity contribution in [1.29, 1.82) is 0 Å². The van der Waals surface area contributed by atoms with E-state index >= 15 is 0 Å². The summed E-state index contributed by atoms with van der Waals surface area (Å²) in [7, 11) is 0. The Morgan fingerprint density at radius 3 is 2.58 bits per heavy atom.